The Morgan fingerprint density at radius 2 is 2.00 bits per heavy atom. The summed E-state index contributed by atoms with van der Waals surface area (Å²) in [5, 5.41) is 0. The highest BCUT2D eigenvalue weighted by molar-refractivity contribution is 5.84. The average Bonchev–Trinajstić information content (AvgIpc) is 2.30. The molecule has 0 heterocycles. The maximum atomic E-state index is 12.1. The van der Waals surface area contributed by atoms with Gasteiger partial charge in [0.05, 0.1) is 7.11 Å². The van der Waals surface area contributed by atoms with Gasteiger partial charge in [-0.2, -0.15) is 0 Å². The summed E-state index contributed by atoms with van der Waals surface area (Å²) in [6.45, 7) is 4.46. The number of ether oxygens (including phenoxy) is 1. The molecule has 1 rings (SSSR count). The first kappa shape index (κ1) is 13.7. The lowest BCUT2D eigenvalue weighted by molar-refractivity contribution is -0.123. The van der Waals surface area contributed by atoms with Gasteiger partial charge in [0.1, 0.15) is 11.5 Å². The minimum atomic E-state index is -0.0695. The van der Waals surface area contributed by atoms with Crippen molar-refractivity contribution in [3.05, 3.63) is 29.8 Å². The molecule has 3 heteroatoms. The molecule has 1 aromatic rings. The van der Waals surface area contributed by atoms with E-state index in [2.05, 4.69) is 0 Å². The molecule has 0 fully saturated rings. The van der Waals surface area contributed by atoms with E-state index in [9.17, 15) is 4.79 Å². The predicted octanol–water partition coefficient (Wildman–Crippen LogP) is 2.04. The van der Waals surface area contributed by atoms with Crippen LogP contribution in [0.4, 0.5) is 0 Å². The largest absolute Gasteiger partial charge is 0.496 e. The Bertz CT molecular complexity index is 374. The van der Waals surface area contributed by atoms with Gasteiger partial charge < -0.3 is 10.5 Å². The van der Waals surface area contributed by atoms with Crippen molar-refractivity contribution in [2.75, 3.05) is 13.7 Å². The Morgan fingerprint density at radius 1 is 1.35 bits per heavy atom. The number of benzene rings is 1. The van der Waals surface area contributed by atoms with Gasteiger partial charge in [-0.1, -0.05) is 32.0 Å². The Labute approximate surface area is 103 Å². The zero-order valence-corrected chi connectivity index (χ0v) is 10.8. The highest BCUT2D eigenvalue weighted by Gasteiger charge is 2.21. The maximum Gasteiger partial charge on any atom is 0.141 e. The maximum absolute atomic E-state index is 12.1. The first-order valence-electron chi connectivity index (χ1n) is 5.94. The Kier molecular flexibility index (Phi) is 5.16. The van der Waals surface area contributed by atoms with Crippen LogP contribution < -0.4 is 10.5 Å². The summed E-state index contributed by atoms with van der Waals surface area (Å²) in [4.78, 5) is 12.1. The molecule has 0 aliphatic carbocycles. The SMILES string of the molecule is COc1ccccc1CC(=O)C(CN)C(C)C. The van der Waals surface area contributed by atoms with E-state index >= 15 is 0 Å². The monoisotopic (exact) mass is 235 g/mol. The molecule has 1 atom stereocenters. The second-order valence-corrected chi connectivity index (χ2v) is 4.54. The number of hydrogen-bond acceptors (Lipinski definition) is 3. The van der Waals surface area contributed by atoms with Gasteiger partial charge in [0.25, 0.3) is 0 Å². The molecule has 1 unspecified atom stereocenters. The first-order valence-corrected chi connectivity index (χ1v) is 5.94. The van der Waals surface area contributed by atoms with Crippen molar-refractivity contribution >= 4 is 5.78 Å². The molecule has 0 saturated heterocycles. The number of para-hydroxylation sites is 1. The van der Waals surface area contributed by atoms with E-state index in [1.54, 1.807) is 7.11 Å². The summed E-state index contributed by atoms with van der Waals surface area (Å²) in [5.41, 5.74) is 6.58. The molecule has 0 aromatic heterocycles. The molecule has 1 aromatic carbocycles. The van der Waals surface area contributed by atoms with Gasteiger partial charge in [-0.25, -0.2) is 0 Å². The van der Waals surface area contributed by atoms with Crippen LogP contribution in [0.3, 0.4) is 0 Å². The molecule has 0 spiro atoms. The van der Waals surface area contributed by atoms with E-state index in [0.29, 0.717) is 13.0 Å². The van der Waals surface area contributed by atoms with E-state index in [1.165, 1.54) is 0 Å². The number of hydrogen-bond donors (Lipinski definition) is 1. The van der Waals surface area contributed by atoms with Crippen molar-refractivity contribution in [1.29, 1.82) is 0 Å². The number of methoxy groups -OCH3 is 1. The molecular weight excluding hydrogens is 214 g/mol. The topological polar surface area (TPSA) is 52.3 Å². The molecular formula is C14H21NO2. The standard InChI is InChI=1S/C14H21NO2/c1-10(2)12(9-15)13(16)8-11-6-4-5-7-14(11)17-3/h4-7,10,12H,8-9,15H2,1-3H3. The van der Waals surface area contributed by atoms with Crippen molar-refractivity contribution in [3.8, 4) is 5.75 Å². The van der Waals surface area contributed by atoms with Gasteiger partial charge in [-0.05, 0) is 12.0 Å². The Morgan fingerprint density at radius 3 is 2.53 bits per heavy atom. The van der Waals surface area contributed by atoms with Crippen LogP contribution >= 0.6 is 0 Å². The molecule has 0 bridgehead atoms. The second-order valence-electron chi connectivity index (χ2n) is 4.54. The summed E-state index contributed by atoms with van der Waals surface area (Å²) >= 11 is 0. The number of carbonyl (C=O) groups is 1. The number of ketones is 1. The van der Waals surface area contributed by atoms with E-state index in [-0.39, 0.29) is 17.6 Å². The Balaban J connectivity index is 2.80. The minimum absolute atomic E-state index is 0.0695. The molecule has 94 valence electrons. The molecule has 17 heavy (non-hydrogen) atoms. The van der Waals surface area contributed by atoms with E-state index in [1.807, 2.05) is 38.1 Å². The van der Waals surface area contributed by atoms with Crippen LogP contribution in [-0.4, -0.2) is 19.4 Å². The van der Waals surface area contributed by atoms with Gasteiger partial charge in [-0.15, -0.1) is 0 Å². The molecule has 3 nitrogen and oxygen atoms in total. The fraction of sp³-hybridized carbons (Fsp3) is 0.500. The van der Waals surface area contributed by atoms with Crippen LogP contribution in [0.15, 0.2) is 24.3 Å². The predicted molar refractivity (Wildman–Crippen MR) is 69.1 cm³/mol. The van der Waals surface area contributed by atoms with Crippen LogP contribution in [0.1, 0.15) is 19.4 Å². The number of rotatable bonds is 6. The van der Waals surface area contributed by atoms with Crippen molar-refractivity contribution < 1.29 is 9.53 Å². The van der Waals surface area contributed by atoms with Crippen LogP contribution in [0.5, 0.6) is 5.75 Å². The van der Waals surface area contributed by atoms with Crippen LogP contribution in [0.25, 0.3) is 0 Å². The zero-order chi connectivity index (χ0) is 12.8. The lowest BCUT2D eigenvalue weighted by Crippen LogP contribution is -2.29. The second kappa shape index (κ2) is 6.40. The molecule has 0 amide bonds. The summed E-state index contributed by atoms with van der Waals surface area (Å²) in [6.07, 6.45) is 0.393. The highest BCUT2D eigenvalue weighted by Crippen LogP contribution is 2.21. The first-order chi connectivity index (χ1) is 8.10. The molecule has 0 saturated carbocycles. The molecule has 0 aliphatic heterocycles. The third-order valence-electron chi connectivity index (χ3n) is 3.03. The van der Waals surface area contributed by atoms with Gasteiger partial charge in [0, 0.05) is 24.4 Å². The fourth-order valence-corrected chi connectivity index (χ4v) is 1.94. The Hall–Kier alpha value is -1.35. The zero-order valence-electron chi connectivity index (χ0n) is 10.8. The van der Waals surface area contributed by atoms with Gasteiger partial charge in [-0.3, -0.25) is 4.79 Å². The molecule has 0 radical (unpaired) electrons. The smallest absolute Gasteiger partial charge is 0.141 e. The van der Waals surface area contributed by atoms with E-state index in [4.69, 9.17) is 10.5 Å². The van der Waals surface area contributed by atoms with Crippen molar-refractivity contribution in [3.63, 3.8) is 0 Å². The minimum Gasteiger partial charge on any atom is -0.496 e. The summed E-state index contributed by atoms with van der Waals surface area (Å²) < 4.78 is 5.24. The van der Waals surface area contributed by atoms with E-state index < -0.39 is 0 Å². The van der Waals surface area contributed by atoms with Gasteiger partial charge in [0.15, 0.2) is 0 Å². The summed E-state index contributed by atoms with van der Waals surface area (Å²) in [5.74, 6) is 1.16. The quantitative estimate of drug-likeness (QED) is 0.821. The van der Waals surface area contributed by atoms with Gasteiger partial charge >= 0.3 is 0 Å². The normalized spacial score (nSPS) is 12.5. The number of Topliss-reactive ketones (excluding diaryl/α,β-unsaturated/α-hetero) is 1. The number of nitrogens with two attached hydrogens (primary N) is 1. The molecule has 0 aliphatic rings. The highest BCUT2D eigenvalue weighted by atomic mass is 16.5. The van der Waals surface area contributed by atoms with Crippen LogP contribution in [-0.2, 0) is 11.2 Å². The lowest BCUT2D eigenvalue weighted by atomic mass is 9.88. The van der Waals surface area contributed by atoms with Crippen LogP contribution in [0.2, 0.25) is 0 Å². The van der Waals surface area contributed by atoms with Crippen molar-refractivity contribution in [2.45, 2.75) is 20.3 Å². The lowest BCUT2D eigenvalue weighted by Gasteiger charge is -2.18. The summed E-state index contributed by atoms with van der Waals surface area (Å²) in [6, 6.07) is 7.60. The fourth-order valence-electron chi connectivity index (χ4n) is 1.94. The average molecular weight is 235 g/mol. The molecule has 2 N–H and O–H groups in total. The third kappa shape index (κ3) is 3.56. The van der Waals surface area contributed by atoms with Gasteiger partial charge in [0.2, 0.25) is 0 Å². The third-order valence-corrected chi connectivity index (χ3v) is 3.03. The van der Waals surface area contributed by atoms with Crippen LogP contribution in [0, 0.1) is 11.8 Å². The van der Waals surface area contributed by atoms with Crippen molar-refractivity contribution in [1.82, 2.24) is 0 Å². The summed E-state index contributed by atoms with van der Waals surface area (Å²) in [7, 11) is 1.62. The van der Waals surface area contributed by atoms with E-state index in [0.717, 1.165) is 11.3 Å². The van der Waals surface area contributed by atoms with Crippen molar-refractivity contribution in [2.24, 2.45) is 17.6 Å². The number of carbonyl (C=O) groups excluding carboxylic acids is 1.